The third-order valence-corrected chi connectivity index (χ3v) is 2.69. The van der Waals surface area contributed by atoms with Crippen molar-refractivity contribution in [2.24, 2.45) is 0 Å². The molecule has 1 N–H and O–H groups in total. The standard InChI is InChI=1S/C13H21N/c1-5-11(3)14-12(4)13-8-6-7-10(2)9-13/h6-9,11-12,14H,5H2,1-4H3/t11?,12-/m0/s1. The molecule has 14 heavy (non-hydrogen) atoms. The van der Waals surface area contributed by atoms with Crippen molar-refractivity contribution in [3.8, 4) is 0 Å². The molecular formula is C13H21N. The van der Waals surface area contributed by atoms with Gasteiger partial charge >= 0.3 is 0 Å². The first-order valence-corrected chi connectivity index (χ1v) is 5.46. The van der Waals surface area contributed by atoms with Crippen LogP contribution in [0.2, 0.25) is 0 Å². The summed E-state index contributed by atoms with van der Waals surface area (Å²) in [4.78, 5) is 0. The quantitative estimate of drug-likeness (QED) is 0.768. The van der Waals surface area contributed by atoms with Gasteiger partial charge in [-0.05, 0) is 32.8 Å². The first-order valence-electron chi connectivity index (χ1n) is 5.46. The van der Waals surface area contributed by atoms with Crippen LogP contribution in [0, 0.1) is 6.92 Å². The van der Waals surface area contributed by atoms with Crippen LogP contribution in [0.3, 0.4) is 0 Å². The zero-order chi connectivity index (χ0) is 10.6. The Labute approximate surface area is 87.5 Å². The summed E-state index contributed by atoms with van der Waals surface area (Å²) in [5, 5.41) is 3.57. The molecule has 1 rings (SSSR count). The van der Waals surface area contributed by atoms with Crippen molar-refractivity contribution in [1.29, 1.82) is 0 Å². The Bertz CT molecular complexity index is 280. The highest BCUT2D eigenvalue weighted by Gasteiger charge is 2.07. The van der Waals surface area contributed by atoms with Gasteiger partial charge in [0.1, 0.15) is 0 Å². The Morgan fingerprint density at radius 1 is 1.29 bits per heavy atom. The summed E-state index contributed by atoms with van der Waals surface area (Å²) in [5.74, 6) is 0. The minimum Gasteiger partial charge on any atom is -0.308 e. The molecule has 0 saturated carbocycles. The molecule has 0 saturated heterocycles. The predicted octanol–water partition coefficient (Wildman–Crippen LogP) is 3.44. The molecule has 1 heteroatoms. The Morgan fingerprint density at radius 3 is 2.57 bits per heavy atom. The van der Waals surface area contributed by atoms with Crippen molar-refractivity contribution in [2.75, 3.05) is 0 Å². The van der Waals surface area contributed by atoms with E-state index < -0.39 is 0 Å². The maximum atomic E-state index is 3.57. The average molecular weight is 191 g/mol. The zero-order valence-electron chi connectivity index (χ0n) is 9.67. The Kier molecular flexibility index (Phi) is 4.15. The molecule has 1 unspecified atom stereocenters. The van der Waals surface area contributed by atoms with Crippen molar-refractivity contribution in [3.63, 3.8) is 0 Å². The van der Waals surface area contributed by atoms with Crippen molar-refractivity contribution in [1.82, 2.24) is 5.32 Å². The number of rotatable bonds is 4. The normalized spacial score (nSPS) is 15.1. The fraction of sp³-hybridized carbons (Fsp3) is 0.538. The highest BCUT2D eigenvalue weighted by Crippen LogP contribution is 2.14. The van der Waals surface area contributed by atoms with E-state index in [-0.39, 0.29) is 0 Å². The molecule has 1 aromatic rings. The highest BCUT2D eigenvalue weighted by molar-refractivity contribution is 5.24. The van der Waals surface area contributed by atoms with Crippen molar-refractivity contribution < 1.29 is 0 Å². The molecule has 0 spiro atoms. The maximum absolute atomic E-state index is 3.57. The van der Waals surface area contributed by atoms with Crippen LogP contribution in [-0.4, -0.2) is 6.04 Å². The number of aryl methyl sites for hydroxylation is 1. The largest absolute Gasteiger partial charge is 0.308 e. The van der Waals surface area contributed by atoms with Crippen LogP contribution < -0.4 is 5.32 Å². The van der Waals surface area contributed by atoms with Crippen LogP contribution in [0.4, 0.5) is 0 Å². The second-order valence-electron chi connectivity index (χ2n) is 4.11. The summed E-state index contributed by atoms with van der Waals surface area (Å²) in [5.41, 5.74) is 2.71. The molecule has 0 fully saturated rings. The number of nitrogens with one attached hydrogen (secondary N) is 1. The summed E-state index contributed by atoms with van der Waals surface area (Å²) in [6.45, 7) is 8.80. The summed E-state index contributed by atoms with van der Waals surface area (Å²) >= 11 is 0. The summed E-state index contributed by atoms with van der Waals surface area (Å²) in [6.07, 6.45) is 1.18. The molecule has 1 nitrogen and oxygen atoms in total. The molecule has 0 aliphatic heterocycles. The lowest BCUT2D eigenvalue weighted by atomic mass is 10.0. The smallest absolute Gasteiger partial charge is 0.0294 e. The Morgan fingerprint density at radius 2 is 2.00 bits per heavy atom. The van der Waals surface area contributed by atoms with Crippen LogP contribution in [0.25, 0.3) is 0 Å². The van der Waals surface area contributed by atoms with Crippen LogP contribution in [0.15, 0.2) is 24.3 Å². The van der Waals surface area contributed by atoms with Gasteiger partial charge in [-0.2, -0.15) is 0 Å². The topological polar surface area (TPSA) is 12.0 Å². The number of hydrogen-bond donors (Lipinski definition) is 1. The van der Waals surface area contributed by atoms with Gasteiger partial charge in [-0.3, -0.25) is 0 Å². The predicted molar refractivity (Wildman–Crippen MR) is 62.5 cm³/mol. The SMILES string of the molecule is CCC(C)N[C@@H](C)c1cccc(C)c1. The van der Waals surface area contributed by atoms with Gasteiger partial charge in [0.2, 0.25) is 0 Å². The third kappa shape index (κ3) is 3.15. The van der Waals surface area contributed by atoms with Crippen molar-refractivity contribution >= 4 is 0 Å². The minimum atomic E-state index is 0.449. The van der Waals surface area contributed by atoms with Gasteiger partial charge < -0.3 is 5.32 Å². The van der Waals surface area contributed by atoms with Gasteiger partial charge in [0.15, 0.2) is 0 Å². The first kappa shape index (κ1) is 11.3. The van der Waals surface area contributed by atoms with Gasteiger partial charge in [-0.25, -0.2) is 0 Å². The van der Waals surface area contributed by atoms with E-state index in [1.165, 1.54) is 17.5 Å². The van der Waals surface area contributed by atoms with E-state index in [0.717, 1.165) is 0 Å². The van der Waals surface area contributed by atoms with E-state index in [4.69, 9.17) is 0 Å². The fourth-order valence-corrected chi connectivity index (χ4v) is 1.58. The summed E-state index contributed by atoms with van der Waals surface area (Å²) in [7, 11) is 0. The fourth-order valence-electron chi connectivity index (χ4n) is 1.58. The van der Waals surface area contributed by atoms with Crippen molar-refractivity contribution in [3.05, 3.63) is 35.4 Å². The van der Waals surface area contributed by atoms with E-state index in [2.05, 4.69) is 57.3 Å². The number of hydrogen-bond acceptors (Lipinski definition) is 1. The van der Waals surface area contributed by atoms with E-state index in [1.54, 1.807) is 0 Å². The minimum absolute atomic E-state index is 0.449. The van der Waals surface area contributed by atoms with Crippen LogP contribution in [0.1, 0.15) is 44.4 Å². The van der Waals surface area contributed by atoms with Crippen molar-refractivity contribution in [2.45, 2.75) is 46.2 Å². The molecule has 0 aliphatic carbocycles. The molecule has 0 aliphatic rings. The Hall–Kier alpha value is -0.820. The maximum Gasteiger partial charge on any atom is 0.0294 e. The van der Waals surface area contributed by atoms with Gasteiger partial charge in [-0.15, -0.1) is 0 Å². The van der Waals surface area contributed by atoms with Gasteiger partial charge in [0.25, 0.3) is 0 Å². The lowest BCUT2D eigenvalue weighted by Crippen LogP contribution is -2.28. The Balaban J connectivity index is 2.64. The second kappa shape index (κ2) is 5.16. The molecule has 0 bridgehead atoms. The molecule has 0 amide bonds. The lowest BCUT2D eigenvalue weighted by Gasteiger charge is -2.19. The molecule has 2 atom stereocenters. The highest BCUT2D eigenvalue weighted by atomic mass is 14.9. The number of benzene rings is 1. The van der Waals surface area contributed by atoms with E-state index in [0.29, 0.717) is 12.1 Å². The molecule has 0 aromatic heterocycles. The third-order valence-electron chi connectivity index (χ3n) is 2.69. The second-order valence-corrected chi connectivity index (χ2v) is 4.11. The zero-order valence-corrected chi connectivity index (χ0v) is 9.67. The molecule has 1 aromatic carbocycles. The van der Waals surface area contributed by atoms with Gasteiger partial charge in [0.05, 0.1) is 0 Å². The van der Waals surface area contributed by atoms with Crippen LogP contribution >= 0.6 is 0 Å². The first-order chi connectivity index (χ1) is 6.63. The van der Waals surface area contributed by atoms with E-state index in [9.17, 15) is 0 Å². The molecular weight excluding hydrogens is 170 g/mol. The monoisotopic (exact) mass is 191 g/mol. The van der Waals surface area contributed by atoms with E-state index in [1.807, 2.05) is 0 Å². The average Bonchev–Trinajstić information content (AvgIpc) is 2.17. The molecule has 0 radical (unpaired) electrons. The van der Waals surface area contributed by atoms with Crippen LogP contribution in [-0.2, 0) is 0 Å². The summed E-state index contributed by atoms with van der Waals surface area (Å²) in [6, 6.07) is 9.74. The van der Waals surface area contributed by atoms with Crippen LogP contribution in [0.5, 0.6) is 0 Å². The lowest BCUT2D eigenvalue weighted by molar-refractivity contribution is 0.469. The summed E-state index contributed by atoms with van der Waals surface area (Å²) < 4.78 is 0. The molecule has 78 valence electrons. The van der Waals surface area contributed by atoms with Gasteiger partial charge in [-0.1, -0.05) is 36.8 Å². The van der Waals surface area contributed by atoms with Gasteiger partial charge in [0, 0.05) is 12.1 Å². The molecule has 0 heterocycles. The van der Waals surface area contributed by atoms with E-state index >= 15 is 0 Å².